The molecule has 1 fully saturated rings. The van der Waals surface area contributed by atoms with Gasteiger partial charge in [-0.25, -0.2) is 0 Å². The smallest absolute Gasteiger partial charge is 0.416 e. The Morgan fingerprint density at radius 3 is 2.47 bits per heavy atom. The van der Waals surface area contributed by atoms with Gasteiger partial charge < -0.3 is 15.0 Å². The van der Waals surface area contributed by atoms with Crippen LogP contribution in [-0.4, -0.2) is 30.9 Å². The number of hydrogen-bond donors (Lipinski definition) is 1. The molecule has 1 atom stereocenters. The zero-order chi connectivity index (χ0) is 23.6. The van der Waals surface area contributed by atoms with Gasteiger partial charge in [0.25, 0.3) is 5.91 Å². The lowest BCUT2D eigenvalue weighted by atomic mass is 10.1. The van der Waals surface area contributed by atoms with Gasteiger partial charge in [0.1, 0.15) is 0 Å². The van der Waals surface area contributed by atoms with Crippen molar-refractivity contribution in [1.29, 1.82) is 0 Å². The standard InChI is InChI=1S/C20H14Cl3F3N2O4/c21-12-2-4-14(23)16(7-12)28-8-10(5-18(28)30)19(31)32-9-17(29)27-15-6-11(20(24,25)26)1-3-13(15)22/h1-4,6-7,10H,5,8-9H2,(H,27,29)/t10-/m0/s1. The lowest BCUT2D eigenvalue weighted by Crippen LogP contribution is -2.28. The van der Waals surface area contributed by atoms with E-state index in [-0.39, 0.29) is 34.6 Å². The number of halogens is 6. The van der Waals surface area contributed by atoms with Gasteiger partial charge >= 0.3 is 12.1 Å². The van der Waals surface area contributed by atoms with Crippen LogP contribution < -0.4 is 10.2 Å². The van der Waals surface area contributed by atoms with E-state index in [2.05, 4.69) is 5.32 Å². The molecule has 0 aromatic heterocycles. The molecule has 2 aromatic rings. The number of nitrogens with one attached hydrogen (secondary N) is 1. The maximum Gasteiger partial charge on any atom is 0.416 e. The molecule has 0 aliphatic carbocycles. The minimum atomic E-state index is -4.62. The number of nitrogens with zero attached hydrogens (tertiary/aromatic N) is 1. The van der Waals surface area contributed by atoms with Crippen LogP contribution >= 0.6 is 34.8 Å². The third-order valence-corrected chi connectivity index (χ3v) is 5.45. The fourth-order valence-corrected chi connectivity index (χ4v) is 3.58. The van der Waals surface area contributed by atoms with Crippen LogP contribution in [0.4, 0.5) is 24.5 Å². The van der Waals surface area contributed by atoms with E-state index < -0.39 is 36.1 Å². The van der Waals surface area contributed by atoms with Crippen LogP contribution in [0.15, 0.2) is 36.4 Å². The molecule has 2 amide bonds. The van der Waals surface area contributed by atoms with Crippen LogP contribution in [-0.2, 0) is 25.3 Å². The Labute approximate surface area is 195 Å². The summed E-state index contributed by atoms with van der Waals surface area (Å²) in [5, 5.41) is 2.68. The molecular formula is C20H14Cl3F3N2O4. The van der Waals surface area contributed by atoms with E-state index in [1.807, 2.05) is 0 Å². The summed E-state index contributed by atoms with van der Waals surface area (Å²) in [4.78, 5) is 38.0. The molecule has 6 nitrogen and oxygen atoms in total. The summed E-state index contributed by atoms with van der Waals surface area (Å²) in [5.74, 6) is -2.94. The molecule has 32 heavy (non-hydrogen) atoms. The zero-order valence-electron chi connectivity index (χ0n) is 16.0. The fourth-order valence-electron chi connectivity index (χ4n) is 3.03. The highest BCUT2D eigenvalue weighted by Gasteiger charge is 2.37. The monoisotopic (exact) mass is 508 g/mol. The SMILES string of the molecule is O=C(COC(=O)[C@H]1CC(=O)N(c2cc(Cl)ccc2Cl)C1)Nc1cc(C(F)(F)F)ccc1Cl. The lowest BCUT2D eigenvalue weighted by molar-refractivity contribution is -0.151. The van der Waals surface area contributed by atoms with Gasteiger partial charge in [-0.2, -0.15) is 13.2 Å². The average molecular weight is 510 g/mol. The summed E-state index contributed by atoms with van der Waals surface area (Å²) in [6, 6.07) is 6.99. The maximum atomic E-state index is 12.8. The Hall–Kier alpha value is -2.49. The number of carbonyl (C=O) groups excluding carboxylic acids is 3. The van der Waals surface area contributed by atoms with E-state index in [0.29, 0.717) is 16.8 Å². The number of amides is 2. The van der Waals surface area contributed by atoms with Crippen LogP contribution in [0.1, 0.15) is 12.0 Å². The predicted molar refractivity (Wildman–Crippen MR) is 113 cm³/mol. The Bertz CT molecular complexity index is 1080. The van der Waals surface area contributed by atoms with Crippen molar-refractivity contribution in [3.8, 4) is 0 Å². The van der Waals surface area contributed by atoms with Crippen molar-refractivity contribution in [2.45, 2.75) is 12.6 Å². The molecule has 1 aliphatic rings. The number of benzene rings is 2. The highest BCUT2D eigenvalue weighted by molar-refractivity contribution is 6.36. The molecule has 12 heteroatoms. The van der Waals surface area contributed by atoms with Crippen LogP contribution in [0, 0.1) is 5.92 Å². The molecule has 0 radical (unpaired) electrons. The highest BCUT2D eigenvalue weighted by atomic mass is 35.5. The molecule has 0 saturated carbocycles. The normalized spacial score (nSPS) is 16.2. The van der Waals surface area contributed by atoms with Gasteiger partial charge in [0.15, 0.2) is 6.61 Å². The molecule has 1 heterocycles. The van der Waals surface area contributed by atoms with Crippen molar-refractivity contribution in [1.82, 2.24) is 0 Å². The molecule has 1 aliphatic heterocycles. The molecule has 1 N–H and O–H groups in total. The zero-order valence-corrected chi connectivity index (χ0v) is 18.3. The molecule has 0 unspecified atom stereocenters. The molecule has 0 spiro atoms. The van der Waals surface area contributed by atoms with E-state index in [0.717, 1.165) is 12.1 Å². The predicted octanol–water partition coefficient (Wildman–Crippen LogP) is 5.20. The second-order valence-corrected chi connectivity index (χ2v) is 8.10. The van der Waals surface area contributed by atoms with E-state index >= 15 is 0 Å². The molecule has 2 aromatic carbocycles. The highest BCUT2D eigenvalue weighted by Crippen LogP contribution is 2.35. The van der Waals surface area contributed by atoms with Crippen molar-refractivity contribution >= 4 is 64.0 Å². The third-order valence-electron chi connectivity index (χ3n) is 4.57. The number of esters is 1. The summed E-state index contributed by atoms with van der Waals surface area (Å²) in [7, 11) is 0. The fraction of sp³-hybridized carbons (Fsp3) is 0.250. The second kappa shape index (κ2) is 9.56. The molecular weight excluding hydrogens is 496 g/mol. The van der Waals surface area contributed by atoms with Crippen molar-refractivity contribution in [3.05, 3.63) is 57.0 Å². The Balaban J connectivity index is 1.59. The van der Waals surface area contributed by atoms with Crippen molar-refractivity contribution in [2.24, 2.45) is 5.92 Å². The van der Waals surface area contributed by atoms with Gasteiger partial charge in [0.2, 0.25) is 5.91 Å². The van der Waals surface area contributed by atoms with Crippen molar-refractivity contribution < 1.29 is 32.3 Å². The second-order valence-electron chi connectivity index (χ2n) is 6.85. The summed E-state index contributed by atoms with van der Waals surface area (Å²) in [5.41, 5.74) is -0.935. The van der Waals surface area contributed by atoms with Gasteiger partial charge in [-0.15, -0.1) is 0 Å². The van der Waals surface area contributed by atoms with E-state index in [4.69, 9.17) is 39.5 Å². The molecule has 170 valence electrons. The first-order chi connectivity index (χ1) is 15.0. The van der Waals surface area contributed by atoms with Gasteiger partial charge in [-0.1, -0.05) is 34.8 Å². The van der Waals surface area contributed by atoms with Crippen molar-refractivity contribution in [3.63, 3.8) is 0 Å². The minimum absolute atomic E-state index is 0.0290. The first-order valence-corrected chi connectivity index (χ1v) is 10.2. The number of carbonyl (C=O) groups is 3. The van der Waals surface area contributed by atoms with Gasteiger partial charge in [-0.3, -0.25) is 14.4 Å². The van der Waals surface area contributed by atoms with Gasteiger partial charge in [0.05, 0.1) is 32.9 Å². The van der Waals surface area contributed by atoms with Gasteiger partial charge in [-0.05, 0) is 36.4 Å². The maximum absolute atomic E-state index is 12.8. The topological polar surface area (TPSA) is 75.7 Å². The molecule has 0 bridgehead atoms. The quantitative estimate of drug-likeness (QED) is 0.562. The molecule has 1 saturated heterocycles. The summed E-state index contributed by atoms with van der Waals surface area (Å²) >= 11 is 17.8. The number of alkyl halides is 3. The Kier molecular flexibility index (Phi) is 7.22. The summed E-state index contributed by atoms with van der Waals surface area (Å²) in [6.45, 7) is -0.799. The van der Waals surface area contributed by atoms with E-state index in [1.165, 1.54) is 17.0 Å². The van der Waals surface area contributed by atoms with E-state index in [9.17, 15) is 27.6 Å². The number of hydrogen-bond acceptors (Lipinski definition) is 4. The number of anilines is 2. The third kappa shape index (κ3) is 5.65. The Morgan fingerprint density at radius 2 is 1.78 bits per heavy atom. The number of rotatable bonds is 5. The summed E-state index contributed by atoms with van der Waals surface area (Å²) in [6.07, 6.45) is -4.79. The van der Waals surface area contributed by atoms with E-state index in [1.54, 1.807) is 6.07 Å². The minimum Gasteiger partial charge on any atom is -0.455 e. The average Bonchev–Trinajstić information content (AvgIpc) is 3.10. The van der Waals surface area contributed by atoms with Crippen molar-refractivity contribution in [2.75, 3.05) is 23.4 Å². The van der Waals surface area contributed by atoms with Crippen LogP contribution in [0.25, 0.3) is 0 Å². The Morgan fingerprint density at radius 1 is 1.09 bits per heavy atom. The molecule has 3 rings (SSSR count). The summed E-state index contributed by atoms with van der Waals surface area (Å²) < 4.78 is 43.4. The van der Waals surface area contributed by atoms with Crippen LogP contribution in [0.5, 0.6) is 0 Å². The van der Waals surface area contributed by atoms with Gasteiger partial charge in [0, 0.05) is 18.0 Å². The first-order valence-electron chi connectivity index (χ1n) is 9.04. The largest absolute Gasteiger partial charge is 0.455 e. The first kappa shape index (κ1) is 24.2. The van der Waals surface area contributed by atoms with Crippen LogP contribution in [0.3, 0.4) is 0 Å². The van der Waals surface area contributed by atoms with Crippen LogP contribution in [0.2, 0.25) is 15.1 Å². The number of ether oxygens (including phenoxy) is 1. The lowest BCUT2D eigenvalue weighted by Gasteiger charge is -2.18.